The van der Waals surface area contributed by atoms with Gasteiger partial charge in [-0.2, -0.15) is 0 Å². The number of H-pyrrole nitrogens is 1. The number of nitrogens with zero attached hydrogens (tertiary/aromatic N) is 1. The number of aromatic carboxylic acids is 1. The van der Waals surface area contributed by atoms with Crippen molar-refractivity contribution in [3.63, 3.8) is 0 Å². The molecule has 6 heteroatoms. The fourth-order valence-corrected chi connectivity index (χ4v) is 1.40. The number of nitrogens with one attached hydrogen (secondary N) is 1. The van der Waals surface area contributed by atoms with Crippen molar-refractivity contribution in [1.29, 1.82) is 0 Å². The minimum Gasteiger partial charge on any atom is -0.478 e. The normalized spacial score (nSPS) is 10.3. The molecule has 0 aliphatic heterocycles. The van der Waals surface area contributed by atoms with Gasteiger partial charge in [-0.15, -0.1) is 0 Å². The number of para-hydroxylation sites is 1. The molecular formula is C10H8N2O4. The van der Waals surface area contributed by atoms with Gasteiger partial charge in [-0.25, -0.2) is 14.6 Å². The lowest BCUT2D eigenvalue weighted by Crippen LogP contribution is -2.03. The van der Waals surface area contributed by atoms with Crippen LogP contribution in [-0.2, 0) is 4.74 Å². The largest absolute Gasteiger partial charge is 0.478 e. The SMILES string of the molecule is COC(=O)c1nc2c(C(=O)O)cccc2[nH]1. The maximum Gasteiger partial charge on any atom is 0.374 e. The molecule has 2 rings (SSSR count). The average Bonchev–Trinajstić information content (AvgIpc) is 2.70. The smallest absolute Gasteiger partial charge is 0.374 e. The van der Waals surface area contributed by atoms with E-state index in [-0.39, 0.29) is 16.9 Å². The summed E-state index contributed by atoms with van der Waals surface area (Å²) in [6, 6.07) is 4.64. The molecule has 0 aliphatic carbocycles. The fraction of sp³-hybridized carbons (Fsp3) is 0.100. The molecule has 1 aromatic carbocycles. The van der Waals surface area contributed by atoms with Crippen molar-refractivity contribution in [2.45, 2.75) is 0 Å². The minimum atomic E-state index is -1.09. The third-order valence-corrected chi connectivity index (χ3v) is 2.12. The molecule has 2 N–H and O–H groups in total. The Kier molecular flexibility index (Phi) is 2.32. The number of hydrogen-bond donors (Lipinski definition) is 2. The lowest BCUT2D eigenvalue weighted by Gasteiger charge is -1.93. The number of carboxylic acids is 1. The van der Waals surface area contributed by atoms with Gasteiger partial charge in [-0.3, -0.25) is 0 Å². The van der Waals surface area contributed by atoms with Crippen molar-refractivity contribution >= 4 is 23.0 Å². The first-order valence-corrected chi connectivity index (χ1v) is 4.44. The van der Waals surface area contributed by atoms with Crippen molar-refractivity contribution in [1.82, 2.24) is 9.97 Å². The first kappa shape index (κ1) is 10.2. The number of carboxylic acid groups (broad SMARTS) is 1. The third kappa shape index (κ3) is 1.50. The van der Waals surface area contributed by atoms with Gasteiger partial charge in [0.25, 0.3) is 0 Å². The lowest BCUT2D eigenvalue weighted by molar-refractivity contribution is 0.0587. The van der Waals surface area contributed by atoms with Gasteiger partial charge in [-0.05, 0) is 12.1 Å². The highest BCUT2D eigenvalue weighted by Gasteiger charge is 2.16. The predicted octanol–water partition coefficient (Wildman–Crippen LogP) is 1.05. The van der Waals surface area contributed by atoms with E-state index >= 15 is 0 Å². The van der Waals surface area contributed by atoms with E-state index in [1.165, 1.54) is 13.2 Å². The molecule has 0 unspecified atom stereocenters. The molecule has 0 saturated carbocycles. The highest BCUT2D eigenvalue weighted by molar-refractivity contribution is 6.02. The average molecular weight is 220 g/mol. The van der Waals surface area contributed by atoms with Crippen LogP contribution in [0.15, 0.2) is 18.2 Å². The number of aromatic nitrogens is 2. The summed E-state index contributed by atoms with van der Waals surface area (Å²) in [5, 5.41) is 8.92. The van der Waals surface area contributed by atoms with E-state index in [2.05, 4.69) is 14.7 Å². The summed E-state index contributed by atoms with van der Waals surface area (Å²) in [6.07, 6.45) is 0. The second-order valence-corrected chi connectivity index (χ2v) is 3.08. The quantitative estimate of drug-likeness (QED) is 0.738. The Bertz CT molecular complexity index is 573. The number of imidazole rings is 1. The van der Waals surface area contributed by atoms with Crippen LogP contribution >= 0.6 is 0 Å². The van der Waals surface area contributed by atoms with E-state index in [4.69, 9.17) is 5.11 Å². The molecule has 6 nitrogen and oxygen atoms in total. The molecule has 0 fully saturated rings. The number of methoxy groups -OCH3 is 1. The van der Waals surface area contributed by atoms with Crippen LogP contribution in [0.1, 0.15) is 21.0 Å². The Morgan fingerprint density at radius 3 is 2.81 bits per heavy atom. The molecule has 1 heterocycles. The summed E-state index contributed by atoms with van der Waals surface area (Å²) in [5.74, 6) is -1.73. The van der Waals surface area contributed by atoms with Crippen molar-refractivity contribution in [3.05, 3.63) is 29.6 Å². The minimum absolute atomic E-state index is 0.00815. The molecule has 0 aliphatic rings. The highest BCUT2D eigenvalue weighted by atomic mass is 16.5. The Labute approximate surface area is 89.9 Å². The summed E-state index contributed by atoms with van der Waals surface area (Å²) >= 11 is 0. The molecule has 0 radical (unpaired) electrons. The molecule has 0 saturated heterocycles. The van der Waals surface area contributed by atoms with E-state index in [1.807, 2.05) is 0 Å². The van der Waals surface area contributed by atoms with E-state index in [0.29, 0.717) is 5.52 Å². The van der Waals surface area contributed by atoms with Gasteiger partial charge in [0.2, 0.25) is 5.82 Å². The third-order valence-electron chi connectivity index (χ3n) is 2.12. The Hall–Kier alpha value is -2.37. The zero-order chi connectivity index (χ0) is 11.7. The molecule has 0 spiro atoms. The van der Waals surface area contributed by atoms with E-state index < -0.39 is 11.9 Å². The standard InChI is InChI=1S/C10H8N2O4/c1-16-10(15)8-11-6-4-2-3-5(9(13)14)7(6)12-8/h2-4H,1H3,(H,11,12)(H,13,14). The van der Waals surface area contributed by atoms with Gasteiger partial charge >= 0.3 is 11.9 Å². The maximum atomic E-state index is 11.2. The van der Waals surface area contributed by atoms with E-state index in [9.17, 15) is 9.59 Å². The van der Waals surface area contributed by atoms with Crippen LogP contribution in [0.5, 0.6) is 0 Å². The molecule has 82 valence electrons. The van der Waals surface area contributed by atoms with Gasteiger partial charge in [0, 0.05) is 0 Å². The summed E-state index contributed by atoms with van der Waals surface area (Å²) < 4.78 is 4.49. The number of benzene rings is 1. The van der Waals surface area contributed by atoms with E-state index in [1.54, 1.807) is 12.1 Å². The zero-order valence-electron chi connectivity index (χ0n) is 8.35. The molecule has 16 heavy (non-hydrogen) atoms. The number of hydrogen-bond acceptors (Lipinski definition) is 4. The molecule has 0 bridgehead atoms. The van der Waals surface area contributed by atoms with Gasteiger partial charge in [0.1, 0.15) is 5.52 Å². The van der Waals surface area contributed by atoms with Crippen molar-refractivity contribution < 1.29 is 19.4 Å². The molecule has 0 amide bonds. The molecule has 0 atom stereocenters. The second kappa shape index (κ2) is 3.65. The highest BCUT2D eigenvalue weighted by Crippen LogP contribution is 2.16. The summed E-state index contributed by atoms with van der Waals surface area (Å²) in [7, 11) is 1.23. The van der Waals surface area contributed by atoms with Crippen LogP contribution in [-0.4, -0.2) is 34.1 Å². The van der Waals surface area contributed by atoms with Crippen LogP contribution in [0, 0.1) is 0 Å². The molecule has 2 aromatic rings. The van der Waals surface area contributed by atoms with Crippen LogP contribution in [0.25, 0.3) is 11.0 Å². The summed E-state index contributed by atoms with van der Waals surface area (Å²) in [5.41, 5.74) is 0.777. The fourth-order valence-electron chi connectivity index (χ4n) is 1.40. The number of carbonyl (C=O) groups is 2. The molecular weight excluding hydrogens is 212 g/mol. The number of esters is 1. The number of ether oxygens (including phenoxy) is 1. The number of aromatic amines is 1. The number of carbonyl (C=O) groups excluding carboxylic acids is 1. The molecule has 1 aromatic heterocycles. The van der Waals surface area contributed by atoms with Gasteiger partial charge in [0.15, 0.2) is 0 Å². The Morgan fingerprint density at radius 1 is 1.44 bits per heavy atom. The number of fused-ring (bicyclic) bond motifs is 1. The van der Waals surface area contributed by atoms with Gasteiger partial charge in [0.05, 0.1) is 18.2 Å². The van der Waals surface area contributed by atoms with Crippen LogP contribution < -0.4 is 0 Å². The van der Waals surface area contributed by atoms with Crippen LogP contribution in [0.3, 0.4) is 0 Å². The van der Waals surface area contributed by atoms with Crippen molar-refractivity contribution in [2.24, 2.45) is 0 Å². The lowest BCUT2D eigenvalue weighted by atomic mass is 10.2. The van der Waals surface area contributed by atoms with Crippen molar-refractivity contribution in [2.75, 3.05) is 7.11 Å². The van der Waals surface area contributed by atoms with Crippen molar-refractivity contribution in [3.8, 4) is 0 Å². The maximum absolute atomic E-state index is 11.2. The summed E-state index contributed by atoms with van der Waals surface area (Å²) in [4.78, 5) is 28.7. The first-order chi connectivity index (χ1) is 7.63. The topological polar surface area (TPSA) is 92.3 Å². The monoisotopic (exact) mass is 220 g/mol. The van der Waals surface area contributed by atoms with Crippen LogP contribution in [0.4, 0.5) is 0 Å². The Balaban J connectivity index is 2.65. The zero-order valence-corrected chi connectivity index (χ0v) is 8.35. The van der Waals surface area contributed by atoms with Crippen LogP contribution in [0.2, 0.25) is 0 Å². The summed E-state index contributed by atoms with van der Waals surface area (Å²) in [6.45, 7) is 0. The van der Waals surface area contributed by atoms with E-state index in [0.717, 1.165) is 0 Å². The van der Waals surface area contributed by atoms with Gasteiger partial charge in [-0.1, -0.05) is 6.07 Å². The first-order valence-electron chi connectivity index (χ1n) is 4.44. The second-order valence-electron chi connectivity index (χ2n) is 3.08. The Morgan fingerprint density at radius 2 is 2.19 bits per heavy atom. The predicted molar refractivity (Wildman–Crippen MR) is 54.4 cm³/mol. The number of rotatable bonds is 2. The van der Waals surface area contributed by atoms with Gasteiger partial charge < -0.3 is 14.8 Å².